The zero-order valence-electron chi connectivity index (χ0n) is 7.54. The summed E-state index contributed by atoms with van der Waals surface area (Å²) in [5, 5.41) is 0. The van der Waals surface area contributed by atoms with Crippen molar-refractivity contribution in [3.05, 3.63) is 0 Å². The Morgan fingerprint density at radius 3 is 2.50 bits per heavy atom. The fourth-order valence-corrected chi connectivity index (χ4v) is 0.718. The maximum Gasteiger partial charge on any atom is 0.120 e. The van der Waals surface area contributed by atoms with Crippen LogP contribution in [0.3, 0.4) is 0 Å². The molecule has 0 fully saturated rings. The fraction of sp³-hybridized carbons (Fsp3) is 0.750. The van der Waals surface area contributed by atoms with E-state index in [1.807, 2.05) is 6.92 Å². The minimum absolute atomic E-state index is 0. The molecule has 0 saturated carbocycles. The van der Waals surface area contributed by atoms with Crippen LogP contribution in [0.15, 0.2) is 0 Å². The predicted molar refractivity (Wildman–Crippen MR) is 42.7 cm³/mol. The molecule has 0 heterocycles. The van der Waals surface area contributed by atoms with Crippen molar-refractivity contribution in [1.82, 2.24) is 0 Å². The van der Waals surface area contributed by atoms with Crippen LogP contribution in [0.25, 0.3) is 0 Å². The van der Waals surface area contributed by atoms with E-state index < -0.39 is 5.54 Å². The summed E-state index contributed by atoms with van der Waals surface area (Å²) < 4.78 is 0. The predicted octanol–water partition coefficient (Wildman–Crippen LogP) is 0.426. The summed E-state index contributed by atoms with van der Waals surface area (Å²) in [5.41, 5.74) is 4.65. The third-order valence-corrected chi connectivity index (χ3v) is 1.96. The van der Waals surface area contributed by atoms with Crippen molar-refractivity contribution in [3.63, 3.8) is 0 Å². The molecule has 3 nitrogen and oxygen atoms in total. The molecule has 12 heavy (non-hydrogen) atoms. The maximum absolute atomic E-state index is 10.3. The van der Waals surface area contributed by atoms with Crippen LogP contribution in [-0.2, 0) is 42.3 Å². The number of hydrogen-bond acceptors (Lipinski definition) is 3. The zero-order chi connectivity index (χ0) is 8.91. The van der Waals surface area contributed by atoms with Gasteiger partial charge in [0.15, 0.2) is 0 Å². The van der Waals surface area contributed by atoms with Gasteiger partial charge in [-0.2, -0.15) is 0 Å². The van der Waals surface area contributed by atoms with E-state index in [1.165, 1.54) is 0 Å². The van der Waals surface area contributed by atoms with Crippen LogP contribution in [0.4, 0.5) is 0 Å². The normalized spacial score (nSPS) is 16.9. The quantitative estimate of drug-likeness (QED) is 0.564. The van der Waals surface area contributed by atoms with Gasteiger partial charge < -0.3 is 15.3 Å². The van der Waals surface area contributed by atoms with Crippen molar-refractivity contribution in [2.45, 2.75) is 32.2 Å². The minimum atomic E-state index is -0.914. The first-order valence-electron chi connectivity index (χ1n) is 3.66. The first-order valence-corrected chi connectivity index (χ1v) is 3.66. The molecule has 4 heteroatoms. The molecule has 0 spiro atoms. The molecule has 2 unspecified atom stereocenters. The molecule has 1 radical (unpaired) electrons. The summed E-state index contributed by atoms with van der Waals surface area (Å²) >= 11 is 0. The molecule has 0 aromatic heterocycles. The molecule has 0 bridgehead atoms. The summed E-state index contributed by atoms with van der Waals surface area (Å²) in [5.74, 6) is 0.00481. The van der Waals surface area contributed by atoms with E-state index in [1.54, 1.807) is 13.2 Å². The second kappa shape index (κ2) is 6.87. The molecular weight excluding hydrogens is 231 g/mol. The topological polar surface area (TPSA) is 60.2 Å². The van der Waals surface area contributed by atoms with Gasteiger partial charge in [0.1, 0.15) is 6.29 Å². The van der Waals surface area contributed by atoms with Crippen molar-refractivity contribution in [3.8, 4) is 0 Å². The Bertz CT molecular complexity index is 148. The van der Waals surface area contributed by atoms with Gasteiger partial charge in [0.05, 0.1) is 0 Å². The molecule has 2 atom stereocenters. The molecule has 0 aliphatic carbocycles. The standard InChI is InChI=1S/C8H14NO2.Y/c1-7(4-3-5-10)8(2,9)6-11;/h5,7H,3-4,9H2,1-2H3;/q-1;. The van der Waals surface area contributed by atoms with E-state index in [0.717, 1.165) is 6.29 Å². The van der Waals surface area contributed by atoms with Crippen LogP contribution in [0.5, 0.6) is 0 Å². The van der Waals surface area contributed by atoms with Crippen LogP contribution >= 0.6 is 0 Å². The molecule has 0 aromatic carbocycles. The Morgan fingerprint density at radius 2 is 2.17 bits per heavy atom. The number of carbonyl (C=O) groups excluding carboxylic acids is 2. The van der Waals surface area contributed by atoms with Gasteiger partial charge in [-0.25, -0.2) is 6.29 Å². The van der Waals surface area contributed by atoms with Crippen molar-refractivity contribution in [1.29, 1.82) is 0 Å². The summed E-state index contributed by atoms with van der Waals surface area (Å²) in [6.45, 7) is 3.46. The average Bonchev–Trinajstić information content (AvgIpc) is 2.00. The Hall–Kier alpha value is 0.404. The van der Waals surface area contributed by atoms with Gasteiger partial charge in [-0.3, -0.25) is 0 Å². The molecule has 2 N–H and O–H groups in total. The zero-order valence-corrected chi connectivity index (χ0v) is 10.4. The number of rotatable bonds is 5. The summed E-state index contributed by atoms with van der Waals surface area (Å²) in [4.78, 5) is 20.3. The molecule has 0 amide bonds. The summed E-state index contributed by atoms with van der Waals surface area (Å²) in [7, 11) is 0. The Labute approximate surface area is 98.3 Å². The number of aldehydes is 1. The molecule has 0 rings (SSSR count). The Morgan fingerprint density at radius 1 is 1.67 bits per heavy atom. The van der Waals surface area contributed by atoms with E-state index >= 15 is 0 Å². The average molecular weight is 245 g/mol. The van der Waals surface area contributed by atoms with Crippen molar-refractivity contribution >= 4 is 12.6 Å². The molecule has 0 aromatic rings. The monoisotopic (exact) mass is 245 g/mol. The van der Waals surface area contributed by atoms with Gasteiger partial charge in [-0.05, 0) is 6.42 Å². The van der Waals surface area contributed by atoms with Crippen LogP contribution < -0.4 is 5.73 Å². The van der Waals surface area contributed by atoms with E-state index in [9.17, 15) is 9.59 Å². The molecule has 0 aliphatic heterocycles. The Balaban J connectivity index is 0. The minimum Gasteiger partial charge on any atom is -0.540 e. The maximum atomic E-state index is 10.3. The van der Waals surface area contributed by atoms with Gasteiger partial charge in [-0.1, -0.05) is 25.3 Å². The summed E-state index contributed by atoms with van der Waals surface area (Å²) in [6.07, 6.45) is 3.69. The molecule has 67 valence electrons. The third-order valence-electron chi connectivity index (χ3n) is 1.96. The van der Waals surface area contributed by atoms with E-state index in [-0.39, 0.29) is 38.6 Å². The SMILES string of the molecule is CC(CCC=O)C(C)(N)[C-]=O.[Y]. The summed E-state index contributed by atoms with van der Waals surface area (Å²) in [6, 6.07) is 0. The molecule has 0 saturated heterocycles. The smallest absolute Gasteiger partial charge is 0.120 e. The first-order chi connectivity index (χ1) is 5.04. The van der Waals surface area contributed by atoms with Gasteiger partial charge in [0.25, 0.3) is 0 Å². The second-order valence-corrected chi connectivity index (χ2v) is 3.03. The first kappa shape index (κ1) is 14.9. The van der Waals surface area contributed by atoms with Crippen molar-refractivity contribution in [2.75, 3.05) is 0 Å². The van der Waals surface area contributed by atoms with Crippen LogP contribution in [0.1, 0.15) is 26.7 Å². The van der Waals surface area contributed by atoms with Crippen molar-refractivity contribution < 1.29 is 42.3 Å². The van der Waals surface area contributed by atoms with Gasteiger partial charge in [0.2, 0.25) is 0 Å². The second-order valence-electron chi connectivity index (χ2n) is 3.03. The van der Waals surface area contributed by atoms with Gasteiger partial charge in [0, 0.05) is 39.1 Å². The van der Waals surface area contributed by atoms with Crippen LogP contribution in [-0.4, -0.2) is 18.1 Å². The molecular formula is C8H14NO2Y-. The van der Waals surface area contributed by atoms with E-state index in [4.69, 9.17) is 5.73 Å². The third kappa shape index (κ3) is 5.12. The fourth-order valence-electron chi connectivity index (χ4n) is 0.718. The van der Waals surface area contributed by atoms with Gasteiger partial charge >= 0.3 is 0 Å². The number of hydrogen-bond donors (Lipinski definition) is 1. The van der Waals surface area contributed by atoms with Crippen LogP contribution in [0, 0.1) is 5.92 Å². The van der Waals surface area contributed by atoms with E-state index in [2.05, 4.69) is 0 Å². The number of nitrogens with two attached hydrogens (primary N) is 1. The van der Waals surface area contributed by atoms with Crippen LogP contribution in [0.2, 0.25) is 0 Å². The van der Waals surface area contributed by atoms with Crippen molar-refractivity contribution in [2.24, 2.45) is 11.7 Å². The largest absolute Gasteiger partial charge is 0.540 e. The Kier molecular flexibility index (Phi) is 8.53. The van der Waals surface area contributed by atoms with Gasteiger partial charge in [-0.15, -0.1) is 0 Å². The number of carbonyl (C=O) groups is 1. The molecule has 0 aliphatic rings. The van der Waals surface area contributed by atoms with E-state index in [0.29, 0.717) is 12.8 Å².